The number of hydrogen-bond donors (Lipinski definition) is 0. The van der Waals surface area contributed by atoms with Crippen LogP contribution in [0, 0.1) is 0 Å². The highest BCUT2D eigenvalue weighted by atomic mass is 16.3. The molecular weight excluding hydrogens is 693 g/mol. The number of hydrogen-bond acceptors (Lipinski definition) is 3. The summed E-state index contributed by atoms with van der Waals surface area (Å²) in [5, 5.41) is 7.10. The minimum Gasteiger partial charge on any atom is -0.456 e. The third-order valence-electron chi connectivity index (χ3n) is 11.6. The number of aromatic nitrogens is 2. The van der Waals surface area contributed by atoms with Crippen molar-refractivity contribution in [3.05, 3.63) is 194 Å². The van der Waals surface area contributed by atoms with E-state index in [-0.39, 0.29) is 0 Å². The molecular formula is C54H32N2O. The molecule has 0 aliphatic heterocycles. The van der Waals surface area contributed by atoms with Gasteiger partial charge in [0, 0.05) is 27.5 Å². The molecule has 57 heavy (non-hydrogen) atoms. The van der Waals surface area contributed by atoms with Gasteiger partial charge in [0.25, 0.3) is 0 Å². The highest BCUT2D eigenvalue weighted by Crippen LogP contribution is 2.49. The zero-order valence-electron chi connectivity index (χ0n) is 30.8. The van der Waals surface area contributed by atoms with Crippen molar-refractivity contribution in [1.82, 2.24) is 9.97 Å². The van der Waals surface area contributed by atoms with Gasteiger partial charge in [-0.2, -0.15) is 0 Å². The molecule has 0 fully saturated rings. The molecule has 2 heterocycles. The number of nitrogens with zero attached hydrogens (tertiary/aromatic N) is 2. The second kappa shape index (κ2) is 12.5. The topological polar surface area (TPSA) is 38.9 Å². The van der Waals surface area contributed by atoms with Crippen LogP contribution in [0.25, 0.3) is 122 Å². The third-order valence-corrected chi connectivity index (χ3v) is 11.6. The molecule has 0 unspecified atom stereocenters. The predicted molar refractivity (Wildman–Crippen MR) is 236 cm³/mol. The molecule has 0 N–H and O–H groups in total. The van der Waals surface area contributed by atoms with Gasteiger partial charge in [-0.25, -0.2) is 9.97 Å². The standard InChI is InChI=1S/C54H32N2O/c1-2-13-34(14-3-1)54-55-49(32-50(56-54)43-25-26-47-42-18-7-6-17-41(42)45-21-11-22-46(43)53(45)47)38-29-36(28-37(30-38)40-20-10-15-33-12-4-5-16-39(33)40)35-24-27-52-48(31-35)44-19-8-9-23-51(44)57-52/h1-32H. The van der Waals surface area contributed by atoms with Crippen LogP contribution in [-0.4, -0.2) is 9.97 Å². The number of rotatable bonds is 5. The monoisotopic (exact) mass is 724 g/mol. The zero-order chi connectivity index (χ0) is 37.5. The zero-order valence-corrected chi connectivity index (χ0v) is 30.8. The molecule has 3 heteroatoms. The minimum atomic E-state index is 0.693. The second-order valence-corrected chi connectivity index (χ2v) is 14.9. The summed E-state index contributed by atoms with van der Waals surface area (Å²) in [6.45, 7) is 0. The van der Waals surface area contributed by atoms with Gasteiger partial charge in [-0.05, 0) is 109 Å². The van der Waals surface area contributed by atoms with Crippen LogP contribution in [-0.2, 0) is 0 Å². The largest absolute Gasteiger partial charge is 0.456 e. The molecule has 1 aliphatic rings. The van der Waals surface area contributed by atoms with E-state index in [0.29, 0.717) is 5.82 Å². The van der Waals surface area contributed by atoms with Gasteiger partial charge < -0.3 is 4.42 Å². The lowest BCUT2D eigenvalue weighted by molar-refractivity contribution is 0.669. The van der Waals surface area contributed by atoms with Gasteiger partial charge in [0.05, 0.1) is 11.4 Å². The van der Waals surface area contributed by atoms with Gasteiger partial charge in [0.15, 0.2) is 5.82 Å². The van der Waals surface area contributed by atoms with Crippen LogP contribution in [0.15, 0.2) is 199 Å². The van der Waals surface area contributed by atoms with Crippen LogP contribution in [0.2, 0.25) is 0 Å². The number of benzene rings is 9. The molecule has 0 radical (unpaired) electrons. The Hall–Kier alpha value is -7.62. The van der Waals surface area contributed by atoms with Gasteiger partial charge in [-0.1, -0.05) is 152 Å². The maximum atomic E-state index is 6.24. The number of furan rings is 1. The summed E-state index contributed by atoms with van der Waals surface area (Å²) >= 11 is 0. The first-order valence-electron chi connectivity index (χ1n) is 19.4. The summed E-state index contributed by atoms with van der Waals surface area (Å²) < 4.78 is 6.24. The molecule has 12 rings (SSSR count). The highest BCUT2D eigenvalue weighted by molar-refractivity contribution is 6.18. The lowest BCUT2D eigenvalue weighted by atomic mass is 9.91. The Morgan fingerprint density at radius 2 is 0.912 bits per heavy atom. The Bertz CT molecular complexity index is 3380. The van der Waals surface area contributed by atoms with E-state index in [4.69, 9.17) is 14.4 Å². The van der Waals surface area contributed by atoms with Crippen LogP contribution >= 0.6 is 0 Å². The molecule has 0 bridgehead atoms. The maximum Gasteiger partial charge on any atom is 0.160 e. The van der Waals surface area contributed by atoms with Crippen LogP contribution in [0.4, 0.5) is 0 Å². The van der Waals surface area contributed by atoms with Crippen molar-refractivity contribution in [2.24, 2.45) is 0 Å². The van der Waals surface area contributed by atoms with Crippen LogP contribution < -0.4 is 0 Å². The lowest BCUT2D eigenvalue weighted by Crippen LogP contribution is -1.97. The molecule has 0 saturated heterocycles. The fraction of sp³-hybridized carbons (Fsp3) is 0. The minimum absolute atomic E-state index is 0.693. The Kier molecular flexibility index (Phi) is 6.93. The summed E-state index contributed by atoms with van der Waals surface area (Å²) in [5.41, 5.74) is 16.2. The molecule has 2 aromatic heterocycles. The van der Waals surface area contributed by atoms with Crippen molar-refractivity contribution >= 4 is 43.5 Å². The van der Waals surface area contributed by atoms with E-state index in [9.17, 15) is 0 Å². The molecule has 3 nitrogen and oxygen atoms in total. The first-order chi connectivity index (χ1) is 28.2. The SMILES string of the molecule is c1ccc(-c2nc(-c3cc(-c4ccc5oc6ccccc6c5c4)cc(-c4cccc5ccccc45)c3)cc(-c3ccc4c5c(cccc35)-c3ccccc3-4)n2)cc1. The summed E-state index contributed by atoms with van der Waals surface area (Å²) in [7, 11) is 0. The average Bonchev–Trinajstić information content (AvgIpc) is 3.82. The molecule has 0 spiro atoms. The van der Waals surface area contributed by atoms with E-state index < -0.39 is 0 Å². The van der Waals surface area contributed by atoms with Crippen molar-refractivity contribution in [3.63, 3.8) is 0 Å². The van der Waals surface area contributed by atoms with Crippen molar-refractivity contribution < 1.29 is 4.42 Å². The Morgan fingerprint density at radius 1 is 0.298 bits per heavy atom. The van der Waals surface area contributed by atoms with Crippen LogP contribution in [0.3, 0.4) is 0 Å². The maximum absolute atomic E-state index is 6.24. The van der Waals surface area contributed by atoms with E-state index in [1.54, 1.807) is 0 Å². The first kappa shape index (κ1) is 31.7. The fourth-order valence-electron chi connectivity index (χ4n) is 8.96. The van der Waals surface area contributed by atoms with Gasteiger partial charge in [0.2, 0.25) is 0 Å². The van der Waals surface area contributed by atoms with Crippen LogP contribution in [0.5, 0.6) is 0 Å². The molecule has 0 saturated carbocycles. The van der Waals surface area contributed by atoms with Gasteiger partial charge in [0.1, 0.15) is 11.2 Å². The fourth-order valence-corrected chi connectivity index (χ4v) is 8.96. The van der Waals surface area contributed by atoms with Crippen molar-refractivity contribution in [2.45, 2.75) is 0 Å². The Labute approximate surface area is 329 Å². The van der Waals surface area contributed by atoms with Gasteiger partial charge >= 0.3 is 0 Å². The van der Waals surface area contributed by atoms with Crippen LogP contribution in [0.1, 0.15) is 0 Å². The number of fused-ring (bicyclic) bond motifs is 7. The Balaban J connectivity index is 1.11. The van der Waals surface area contributed by atoms with Crippen molar-refractivity contribution in [2.75, 3.05) is 0 Å². The van der Waals surface area contributed by atoms with Crippen molar-refractivity contribution in [1.29, 1.82) is 0 Å². The smallest absolute Gasteiger partial charge is 0.160 e. The Morgan fingerprint density at radius 3 is 1.81 bits per heavy atom. The van der Waals surface area contributed by atoms with E-state index in [2.05, 4.69) is 176 Å². The van der Waals surface area contributed by atoms with E-state index in [1.807, 2.05) is 18.2 Å². The van der Waals surface area contributed by atoms with Gasteiger partial charge in [-0.15, -0.1) is 0 Å². The summed E-state index contributed by atoms with van der Waals surface area (Å²) in [5.74, 6) is 0.693. The average molecular weight is 725 g/mol. The van der Waals surface area contributed by atoms with E-state index in [1.165, 1.54) is 49.4 Å². The van der Waals surface area contributed by atoms with Gasteiger partial charge in [-0.3, -0.25) is 0 Å². The van der Waals surface area contributed by atoms with E-state index in [0.717, 1.165) is 66.7 Å². The molecule has 0 atom stereocenters. The first-order valence-corrected chi connectivity index (χ1v) is 19.4. The van der Waals surface area contributed by atoms with E-state index >= 15 is 0 Å². The molecule has 1 aliphatic carbocycles. The summed E-state index contributed by atoms with van der Waals surface area (Å²) in [4.78, 5) is 10.7. The third kappa shape index (κ3) is 5.06. The summed E-state index contributed by atoms with van der Waals surface area (Å²) in [6, 6.07) is 69.2. The lowest BCUT2D eigenvalue weighted by Gasteiger charge is -2.15. The summed E-state index contributed by atoms with van der Waals surface area (Å²) in [6.07, 6.45) is 0. The predicted octanol–water partition coefficient (Wildman–Crippen LogP) is 14.7. The molecule has 264 valence electrons. The number of para-hydroxylation sites is 1. The van der Waals surface area contributed by atoms with Crippen molar-refractivity contribution in [3.8, 4) is 78.4 Å². The quantitative estimate of drug-likeness (QED) is 0.177. The molecule has 0 amide bonds. The normalized spacial score (nSPS) is 11.9. The second-order valence-electron chi connectivity index (χ2n) is 14.9. The molecule has 9 aromatic carbocycles. The highest BCUT2D eigenvalue weighted by Gasteiger charge is 2.23. The molecule has 11 aromatic rings.